The Morgan fingerprint density at radius 3 is 2.91 bits per heavy atom. The second-order valence-corrected chi connectivity index (χ2v) is 6.76. The maximum Gasteiger partial charge on any atom is 0.410 e. The lowest BCUT2D eigenvalue weighted by atomic mass is 10.1. The van der Waals surface area contributed by atoms with Crippen LogP contribution in [0.15, 0.2) is 30.6 Å². The summed E-state index contributed by atoms with van der Waals surface area (Å²) in [5.74, 6) is 0. The molecule has 1 unspecified atom stereocenters. The van der Waals surface area contributed by atoms with Crippen LogP contribution in [0.3, 0.4) is 0 Å². The van der Waals surface area contributed by atoms with Crippen LogP contribution in [0.5, 0.6) is 0 Å². The fourth-order valence-electron chi connectivity index (χ4n) is 2.12. The van der Waals surface area contributed by atoms with E-state index in [1.807, 2.05) is 52.2 Å². The minimum Gasteiger partial charge on any atom is -0.444 e. The van der Waals surface area contributed by atoms with E-state index in [0.717, 1.165) is 23.0 Å². The fourth-order valence-corrected chi connectivity index (χ4v) is 2.12. The summed E-state index contributed by atoms with van der Waals surface area (Å²) in [4.78, 5) is 21.1. The van der Waals surface area contributed by atoms with E-state index in [2.05, 4.69) is 22.1 Å². The third-order valence-corrected chi connectivity index (χ3v) is 3.55. The van der Waals surface area contributed by atoms with Crippen molar-refractivity contribution in [1.82, 2.24) is 14.9 Å². The van der Waals surface area contributed by atoms with E-state index in [1.165, 1.54) is 0 Å². The fraction of sp³-hybridized carbons (Fsp3) is 0.444. The Bertz CT molecular complexity index is 698. The molecule has 0 saturated heterocycles. The number of aromatic amines is 1. The van der Waals surface area contributed by atoms with Crippen molar-refractivity contribution in [3.05, 3.63) is 36.2 Å². The third kappa shape index (κ3) is 4.84. The molecule has 2 rings (SSSR count). The molecule has 1 N–H and O–H groups in total. The van der Waals surface area contributed by atoms with Crippen LogP contribution in [-0.2, 0) is 4.74 Å². The number of amides is 1. The van der Waals surface area contributed by atoms with Crippen LogP contribution in [0.2, 0.25) is 0 Å². The highest BCUT2D eigenvalue weighted by atomic mass is 16.6. The summed E-state index contributed by atoms with van der Waals surface area (Å²) in [6, 6.07) is 4.14. The van der Waals surface area contributed by atoms with Gasteiger partial charge in [0.05, 0.1) is 0 Å². The predicted octanol–water partition coefficient (Wildman–Crippen LogP) is 4.22. The Morgan fingerprint density at radius 2 is 2.22 bits per heavy atom. The molecule has 1 amide bonds. The Kier molecular flexibility index (Phi) is 5.08. The molecular formula is C18H25N3O2. The summed E-state index contributed by atoms with van der Waals surface area (Å²) in [5, 5.41) is 1.09. The van der Waals surface area contributed by atoms with E-state index < -0.39 is 5.60 Å². The van der Waals surface area contributed by atoms with Gasteiger partial charge in [0, 0.05) is 30.9 Å². The van der Waals surface area contributed by atoms with Crippen LogP contribution in [-0.4, -0.2) is 39.7 Å². The second-order valence-electron chi connectivity index (χ2n) is 6.76. The highest BCUT2D eigenvalue weighted by Crippen LogP contribution is 2.15. The molecule has 0 saturated carbocycles. The summed E-state index contributed by atoms with van der Waals surface area (Å²) in [7, 11) is 1.76. The molecular weight excluding hydrogens is 290 g/mol. The first-order chi connectivity index (χ1) is 10.8. The van der Waals surface area contributed by atoms with Crippen molar-refractivity contribution in [3.8, 4) is 0 Å². The van der Waals surface area contributed by atoms with E-state index in [9.17, 15) is 4.79 Å². The molecule has 2 aromatic heterocycles. The molecule has 0 aliphatic rings. The van der Waals surface area contributed by atoms with Crippen molar-refractivity contribution in [2.75, 3.05) is 7.05 Å². The number of hydrogen-bond donors (Lipinski definition) is 1. The van der Waals surface area contributed by atoms with Crippen LogP contribution < -0.4 is 0 Å². The number of rotatable bonds is 4. The van der Waals surface area contributed by atoms with Gasteiger partial charge in [0.15, 0.2) is 0 Å². The van der Waals surface area contributed by atoms with Crippen molar-refractivity contribution in [1.29, 1.82) is 0 Å². The van der Waals surface area contributed by atoms with Crippen molar-refractivity contribution < 1.29 is 9.53 Å². The van der Waals surface area contributed by atoms with Crippen LogP contribution in [0.1, 0.15) is 39.7 Å². The van der Waals surface area contributed by atoms with Gasteiger partial charge in [-0.25, -0.2) is 9.78 Å². The van der Waals surface area contributed by atoms with E-state index >= 15 is 0 Å². The predicted molar refractivity (Wildman–Crippen MR) is 93.2 cm³/mol. The maximum absolute atomic E-state index is 12.0. The Hall–Kier alpha value is -2.30. The van der Waals surface area contributed by atoms with Gasteiger partial charge >= 0.3 is 6.09 Å². The summed E-state index contributed by atoms with van der Waals surface area (Å²) in [6.45, 7) is 7.61. The summed E-state index contributed by atoms with van der Waals surface area (Å²) in [6.07, 6.45) is 8.25. The van der Waals surface area contributed by atoms with E-state index in [1.54, 1.807) is 11.9 Å². The summed E-state index contributed by atoms with van der Waals surface area (Å²) >= 11 is 0. The largest absolute Gasteiger partial charge is 0.444 e. The minimum absolute atomic E-state index is 0.0602. The number of aromatic nitrogens is 2. The molecule has 2 aromatic rings. The van der Waals surface area contributed by atoms with Gasteiger partial charge in [-0.15, -0.1) is 0 Å². The van der Waals surface area contributed by atoms with E-state index in [-0.39, 0.29) is 12.1 Å². The van der Waals surface area contributed by atoms with Crippen LogP contribution in [0.4, 0.5) is 4.79 Å². The topological polar surface area (TPSA) is 58.2 Å². The Balaban J connectivity index is 1.92. The lowest BCUT2D eigenvalue weighted by Gasteiger charge is -2.28. The average Bonchev–Trinajstić information content (AvgIpc) is 2.92. The first-order valence-corrected chi connectivity index (χ1v) is 7.82. The van der Waals surface area contributed by atoms with Gasteiger partial charge in [0.2, 0.25) is 0 Å². The summed E-state index contributed by atoms with van der Waals surface area (Å²) < 4.78 is 5.37. The summed E-state index contributed by atoms with van der Waals surface area (Å²) in [5.41, 5.74) is 1.46. The normalized spacial score (nSPS) is 13.4. The zero-order valence-electron chi connectivity index (χ0n) is 14.5. The van der Waals surface area contributed by atoms with Crippen molar-refractivity contribution in [3.63, 3.8) is 0 Å². The lowest BCUT2D eigenvalue weighted by molar-refractivity contribution is 0.0238. The number of H-pyrrole nitrogens is 1. The molecule has 0 aromatic carbocycles. The van der Waals surface area contributed by atoms with Gasteiger partial charge in [-0.05, 0) is 51.8 Å². The zero-order chi connectivity index (χ0) is 17.0. The number of nitrogens with one attached hydrogen (secondary N) is 1. The number of hydrogen-bond acceptors (Lipinski definition) is 3. The molecule has 0 radical (unpaired) electrons. The monoisotopic (exact) mass is 315 g/mol. The number of carbonyl (C=O) groups excluding carboxylic acids is 1. The highest BCUT2D eigenvalue weighted by Gasteiger charge is 2.22. The van der Waals surface area contributed by atoms with Gasteiger partial charge in [-0.2, -0.15) is 0 Å². The molecule has 5 nitrogen and oxygen atoms in total. The molecule has 2 heterocycles. The zero-order valence-corrected chi connectivity index (χ0v) is 14.5. The number of carbonyl (C=O) groups is 1. The SMILES string of the molecule is CC(C/C=C/c1cnc2[nH]ccc2c1)N(C)C(=O)OC(C)(C)C. The third-order valence-electron chi connectivity index (χ3n) is 3.55. The first kappa shape index (κ1) is 17.1. The number of ether oxygens (including phenoxy) is 1. The minimum atomic E-state index is -0.474. The van der Waals surface area contributed by atoms with Crippen molar-refractivity contribution in [2.45, 2.75) is 45.8 Å². The van der Waals surface area contributed by atoms with Gasteiger partial charge in [0.25, 0.3) is 0 Å². The van der Waals surface area contributed by atoms with Gasteiger partial charge in [-0.1, -0.05) is 12.2 Å². The molecule has 0 aliphatic carbocycles. The van der Waals surface area contributed by atoms with Crippen LogP contribution in [0.25, 0.3) is 17.1 Å². The quantitative estimate of drug-likeness (QED) is 0.919. The maximum atomic E-state index is 12.0. The number of nitrogens with zero attached hydrogens (tertiary/aromatic N) is 2. The molecule has 0 aliphatic heterocycles. The van der Waals surface area contributed by atoms with E-state index in [4.69, 9.17) is 4.74 Å². The van der Waals surface area contributed by atoms with Gasteiger partial charge < -0.3 is 14.6 Å². The highest BCUT2D eigenvalue weighted by molar-refractivity contribution is 5.77. The molecule has 1 atom stereocenters. The number of pyridine rings is 1. The average molecular weight is 315 g/mol. The molecule has 0 fully saturated rings. The molecule has 0 bridgehead atoms. The number of fused-ring (bicyclic) bond motifs is 1. The van der Waals surface area contributed by atoms with Crippen LogP contribution in [0, 0.1) is 0 Å². The van der Waals surface area contributed by atoms with E-state index in [0.29, 0.717) is 0 Å². The molecule has 124 valence electrons. The molecule has 5 heteroatoms. The van der Waals surface area contributed by atoms with Crippen molar-refractivity contribution >= 4 is 23.2 Å². The Morgan fingerprint density at radius 1 is 1.48 bits per heavy atom. The van der Waals surface area contributed by atoms with Gasteiger partial charge in [-0.3, -0.25) is 0 Å². The Labute approximate surface area is 137 Å². The lowest BCUT2D eigenvalue weighted by Crippen LogP contribution is -2.39. The van der Waals surface area contributed by atoms with Crippen molar-refractivity contribution in [2.24, 2.45) is 0 Å². The van der Waals surface area contributed by atoms with Gasteiger partial charge in [0.1, 0.15) is 11.2 Å². The first-order valence-electron chi connectivity index (χ1n) is 7.82. The second kappa shape index (κ2) is 6.86. The molecule has 0 spiro atoms. The van der Waals surface area contributed by atoms with Crippen LogP contribution >= 0.6 is 0 Å². The molecule has 23 heavy (non-hydrogen) atoms. The smallest absolute Gasteiger partial charge is 0.410 e. The standard InChI is InChI=1S/C18H25N3O2/c1-13(21(5)17(22)23-18(2,3)4)7-6-8-14-11-15-9-10-19-16(15)20-12-14/h6,8-13H,7H2,1-5H3,(H,19,20)/b8-6+.